The van der Waals surface area contributed by atoms with Crippen LogP contribution in [0.2, 0.25) is 0 Å². The largest absolute Gasteiger partial charge is 0.388 e. The average Bonchev–Trinajstić information content (AvgIpc) is 3.45. The molecule has 2 fully saturated rings. The Morgan fingerprint density at radius 2 is 1.85 bits per heavy atom. The third-order valence-corrected chi connectivity index (χ3v) is 9.04. The highest BCUT2D eigenvalue weighted by Gasteiger charge is 2.68. The second-order valence-corrected chi connectivity index (χ2v) is 11.4. The molecule has 0 radical (unpaired) electrons. The Kier molecular flexibility index (Phi) is 7.08. The fourth-order valence-electron chi connectivity index (χ4n) is 7.01. The Bertz CT molecular complexity index is 1430. The molecule has 1 saturated carbocycles. The van der Waals surface area contributed by atoms with E-state index in [1.165, 1.54) is 0 Å². The SMILES string of the molecule is C=C1[C@@H](C)[C@H]2[C@H](Cc3c[nH]c4ccccc34)NC(=O)[C@]23C(=O)/C=C/C(=O)[C@H](O)/C(C)=C/[C@@H](C)C/C=C/[C@H]3[C@@H]1O. The fraction of sp³-hybridized carbons (Fsp3) is 0.406. The van der Waals surface area contributed by atoms with E-state index >= 15 is 0 Å². The van der Waals surface area contributed by atoms with Gasteiger partial charge in [-0.05, 0) is 66.5 Å². The van der Waals surface area contributed by atoms with Crippen molar-refractivity contribution in [3.05, 3.63) is 84.1 Å². The minimum atomic E-state index is -1.63. The van der Waals surface area contributed by atoms with Crippen LogP contribution in [0.25, 0.3) is 10.9 Å². The van der Waals surface area contributed by atoms with Crippen molar-refractivity contribution in [3.63, 3.8) is 0 Å². The van der Waals surface area contributed by atoms with E-state index < -0.39 is 53.0 Å². The summed E-state index contributed by atoms with van der Waals surface area (Å²) < 4.78 is 0. The van der Waals surface area contributed by atoms with E-state index in [2.05, 4.69) is 16.9 Å². The van der Waals surface area contributed by atoms with Gasteiger partial charge in [-0.25, -0.2) is 0 Å². The Balaban J connectivity index is 1.63. The molecule has 204 valence electrons. The van der Waals surface area contributed by atoms with Crippen molar-refractivity contribution in [2.24, 2.45) is 29.1 Å². The average molecular weight is 529 g/mol. The minimum Gasteiger partial charge on any atom is -0.388 e. The lowest BCUT2D eigenvalue weighted by atomic mass is 9.52. The lowest BCUT2D eigenvalue weighted by Gasteiger charge is -2.48. The molecule has 3 aliphatic rings. The quantitative estimate of drug-likeness (QED) is 0.351. The normalized spacial score (nSPS) is 38.5. The predicted octanol–water partition coefficient (Wildman–Crippen LogP) is 3.59. The lowest BCUT2D eigenvalue weighted by Crippen LogP contribution is -2.58. The molecular weight excluding hydrogens is 492 g/mol. The van der Waals surface area contributed by atoms with Crippen LogP contribution in [0.1, 0.15) is 32.8 Å². The van der Waals surface area contributed by atoms with Crippen LogP contribution in [-0.4, -0.2) is 50.9 Å². The number of aliphatic hydroxyl groups is 2. The fourth-order valence-corrected chi connectivity index (χ4v) is 7.01. The molecule has 1 amide bonds. The molecule has 1 aliphatic heterocycles. The number of nitrogens with one attached hydrogen (secondary N) is 2. The zero-order valence-corrected chi connectivity index (χ0v) is 22.6. The van der Waals surface area contributed by atoms with E-state index in [0.717, 1.165) is 28.6 Å². The highest BCUT2D eigenvalue weighted by Crippen LogP contribution is 2.56. The van der Waals surface area contributed by atoms with Crippen LogP contribution in [0.5, 0.6) is 0 Å². The topological polar surface area (TPSA) is 119 Å². The number of amides is 1. The summed E-state index contributed by atoms with van der Waals surface area (Å²) in [4.78, 5) is 44.2. The number of aromatic amines is 1. The summed E-state index contributed by atoms with van der Waals surface area (Å²) in [7, 11) is 0. The summed E-state index contributed by atoms with van der Waals surface area (Å²) in [5.74, 6) is -3.34. The first-order chi connectivity index (χ1) is 18.6. The predicted molar refractivity (Wildman–Crippen MR) is 149 cm³/mol. The van der Waals surface area contributed by atoms with Gasteiger partial charge in [0, 0.05) is 35.0 Å². The molecule has 4 N–H and O–H groups in total. The molecule has 8 atom stereocenters. The van der Waals surface area contributed by atoms with Crippen molar-refractivity contribution in [1.29, 1.82) is 0 Å². The van der Waals surface area contributed by atoms with E-state index in [1.54, 1.807) is 13.0 Å². The van der Waals surface area contributed by atoms with Gasteiger partial charge in [0.05, 0.1) is 6.10 Å². The number of carbonyl (C=O) groups is 3. The third-order valence-electron chi connectivity index (χ3n) is 9.04. The first kappa shape index (κ1) is 27.0. The number of fused-ring (bicyclic) bond motifs is 1. The number of allylic oxidation sites excluding steroid dienone is 3. The molecule has 39 heavy (non-hydrogen) atoms. The number of H-pyrrole nitrogens is 1. The van der Waals surface area contributed by atoms with Crippen LogP contribution in [0.15, 0.2) is 78.6 Å². The van der Waals surface area contributed by atoms with Crippen molar-refractivity contribution < 1.29 is 24.6 Å². The van der Waals surface area contributed by atoms with Gasteiger partial charge in [0.25, 0.3) is 0 Å². The van der Waals surface area contributed by atoms with Crippen molar-refractivity contribution in [1.82, 2.24) is 10.3 Å². The Morgan fingerprint density at radius 3 is 2.62 bits per heavy atom. The number of rotatable bonds is 2. The second kappa shape index (κ2) is 10.2. The summed E-state index contributed by atoms with van der Waals surface area (Å²) in [6.45, 7) is 9.74. The molecule has 1 spiro atoms. The standard InChI is InChI=1S/C32H36N2O5/c1-17-8-7-10-23-30(38)20(4)19(3)28-25(15-21-16-33-24-11-6-5-9-22(21)24)34-31(39)32(23,28)27(36)13-12-26(35)29(37)18(2)14-17/h5-7,9-14,16-17,19,23,25,28-30,33,37-38H,4,8,15H2,1-3H3,(H,34,39)/b10-7+,13-12+,18-14+/t17-,19+,23-,25-,28-,29+,30+,32+/m0/s1. The number of carbonyl (C=O) groups excluding carboxylic acids is 3. The summed E-state index contributed by atoms with van der Waals surface area (Å²) in [6.07, 6.45) is 8.17. The van der Waals surface area contributed by atoms with Crippen molar-refractivity contribution in [3.8, 4) is 0 Å². The van der Waals surface area contributed by atoms with Crippen molar-refractivity contribution in [2.45, 2.75) is 51.9 Å². The van der Waals surface area contributed by atoms with Gasteiger partial charge in [0.2, 0.25) is 5.91 Å². The molecule has 7 nitrogen and oxygen atoms in total. The van der Waals surface area contributed by atoms with E-state index in [9.17, 15) is 24.6 Å². The molecule has 2 aromatic rings. The molecule has 1 aromatic carbocycles. The molecular formula is C32H36N2O5. The van der Waals surface area contributed by atoms with Crippen molar-refractivity contribution >= 4 is 28.4 Å². The molecule has 1 saturated heterocycles. The Morgan fingerprint density at radius 1 is 1.10 bits per heavy atom. The maximum absolute atomic E-state index is 14.1. The van der Waals surface area contributed by atoms with Crippen LogP contribution >= 0.6 is 0 Å². The molecule has 0 bridgehead atoms. The highest BCUT2D eigenvalue weighted by molar-refractivity contribution is 6.15. The van der Waals surface area contributed by atoms with Crippen LogP contribution in [0.3, 0.4) is 0 Å². The molecule has 1 aromatic heterocycles. The smallest absolute Gasteiger partial charge is 0.235 e. The third kappa shape index (κ3) is 4.34. The lowest BCUT2D eigenvalue weighted by molar-refractivity contribution is -0.148. The van der Waals surface area contributed by atoms with Gasteiger partial charge < -0.3 is 20.5 Å². The van der Waals surface area contributed by atoms with Gasteiger partial charge >= 0.3 is 0 Å². The summed E-state index contributed by atoms with van der Waals surface area (Å²) in [5, 5.41) is 26.1. The Labute approximate surface area is 228 Å². The zero-order chi connectivity index (χ0) is 28.1. The van der Waals surface area contributed by atoms with Gasteiger partial charge in [-0.15, -0.1) is 0 Å². The second-order valence-electron chi connectivity index (χ2n) is 11.4. The summed E-state index contributed by atoms with van der Waals surface area (Å²) in [5.41, 5.74) is 1.46. The monoisotopic (exact) mass is 528 g/mol. The first-order valence-electron chi connectivity index (χ1n) is 13.6. The van der Waals surface area contributed by atoms with Crippen LogP contribution in [-0.2, 0) is 20.8 Å². The number of para-hydroxylation sites is 1. The summed E-state index contributed by atoms with van der Waals surface area (Å²) in [6, 6.07) is 7.53. The number of aliphatic hydroxyl groups excluding tert-OH is 2. The van der Waals surface area contributed by atoms with Gasteiger partial charge in [0.15, 0.2) is 11.6 Å². The van der Waals surface area contributed by atoms with Gasteiger partial charge in [0.1, 0.15) is 11.5 Å². The number of hydrogen-bond acceptors (Lipinski definition) is 5. The van der Waals surface area contributed by atoms with Crippen LogP contribution in [0.4, 0.5) is 0 Å². The minimum absolute atomic E-state index is 0.00855. The number of ketones is 2. The number of benzene rings is 1. The van der Waals surface area contributed by atoms with Gasteiger partial charge in [-0.1, -0.05) is 56.9 Å². The molecule has 2 aliphatic carbocycles. The van der Waals surface area contributed by atoms with Crippen LogP contribution < -0.4 is 5.32 Å². The zero-order valence-electron chi connectivity index (χ0n) is 22.6. The van der Waals surface area contributed by atoms with Gasteiger partial charge in [-0.2, -0.15) is 0 Å². The van der Waals surface area contributed by atoms with E-state index in [-0.39, 0.29) is 11.8 Å². The number of hydrogen-bond donors (Lipinski definition) is 4. The highest BCUT2D eigenvalue weighted by atomic mass is 16.3. The van der Waals surface area contributed by atoms with Crippen LogP contribution in [0, 0.1) is 29.1 Å². The maximum atomic E-state index is 14.1. The molecule has 7 heteroatoms. The van der Waals surface area contributed by atoms with E-state index in [4.69, 9.17) is 0 Å². The van der Waals surface area contributed by atoms with E-state index in [1.807, 2.05) is 56.5 Å². The summed E-state index contributed by atoms with van der Waals surface area (Å²) >= 11 is 0. The number of aromatic nitrogens is 1. The first-order valence-corrected chi connectivity index (χ1v) is 13.6. The molecule has 2 heterocycles. The van der Waals surface area contributed by atoms with Gasteiger partial charge in [-0.3, -0.25) is 14.4 Å². The molecule has 5 rings (SSSR count). The Hall–Kier alpha value is -3.55. The molecule has 0 unspecified atom stereocenters. The van der Waals surface area contributed by atoms with Crippen molar-refractivity contribution in [2.75, 3.05) is 0 Å². The van der Waals surface area contributed by atoms with E-state index in [0.29, 0.717) is 24.0 Å². The maximum Gasteiger partial charge on any atom is 0.235 e.